The lowest BCUT2D eigenvalue weighted by Crippen LogP contribution is -2.58. The Morgan fingerprint density at radius 2 is 1.81 bits per heavy atom. The molecule has 0 radical (unpaired) electrons. The first-order chi connectivity index (χ1) is 14.7. The van der Waals surface area contributed by atoms with Crippen molar-refractivity contribution in [1.82, 2.24) is 0 Å². The van der Waals surface area contributed by atoms with Crippen LogP contribution in [0.5, 0.6) is 0 Å². The highest BCUT2D eigenvalue weighted by Gasteiger charge is 2.71. The van der Waals surface area contributed by atoms with E-state index < -0.39 is 5.79 Å². The molecule has 6 aliphatic rings. The Morgan fingerprint density at radius 3 is 2.55 bits per heavy atom. The summed E-state index contributed by atoms with van der Waals surface area (Å²) in [7, 11) is 0. The Morgan fingerprint density at radius 1 is 1.00 bits per heavy atom. The predicted molar refractivity (Wildman–Crippen MR) is 118 cm³/mol. The molecule has 2 aliphatic heterocycles. The van der Waals surface area contributed by atoms with Gasteiger partial charge in [0, 0.05) is 30.1 Å². The Labute approximate surface area is 187 Å². The maximum absolute atomic E-state index is 14.0. The van der Waals surface area contributed by atoms with E-state index in [0.717, 1.165) is 51.6 Å². The number of Topliss-reactive ketones (excluding diaryl/α,β-unsaturated/α-hetero) is 1. The molecule has 1 N–H and O–H groups in total. The van der Waals surface area contributed by atoms with Crippen molar-refractivity contribution in [1.29, 1.82) is 0 Å². The average Bonchev–Trinajstić information content (AvgIpc) is 3.18. The van der Waals surface area contributed by atoms with Gasteiger partial charge in [0.1, 0.15) is 5.78 Å². The van der Waals surface area contributed by atoms with Crippen LogP contribution in [-0.4, -0.2) is 35.5 Å². The fourth-order valence-corrected chi connectivity index (χ4v) is 9.93. The molecule has 4 nitrogen and oxygen atoms in total. The number of hydrogen-bond acceptors (Lipinski definition) is 4. The topological polar surface area (TPSA) is 55.8 Å². The van der Waals surface area contributed by atoms with Crippen molar-refractivity contribution in [3.05, 3.63) is 0 Å². The second-order valence-electron chi connectivity index (χ2n) is 13.0. The van der Waals surface area contributed by atoms with Crippen LogP contribution in [0.3, 0.4) is 0 Å². The molecule has 4 aliphatic carbocycles. The summed E-state index contributed by atoms with van der Waals surface area (Å²) in [5, 5.41) is 10.3. The lowest BCUT2D eigenvalue weighted by atomic mass is 9.44. The van der Waals surface area contributed by atoms with Gasteiger partial charge in [-0.2, -0.15) is 0 Å². The van der Waals surface area contributed by atoms with Gasteiger partial charge in [0.25, 0.3) is 0 Å². The van der Waals surface area contributed by atoms with Gasteiger partial charge in [-0.25, -0.2) is 0 Å². The summed E-state index contributed by atoms with van der Waals surface area (Å²) in [5.74, 6) is 3.45. The zero-order valence-corrected chi connectivity index (χ0v) is 19.9. The van der Waals surface area contributed by atoms with E-state index >= 15 is 0 Å². The number of carbonyl (C=O) groups is 1. The van der Waals surface area contributed by atoms with Crippen LogP contribution < -0.4 is 0 Å². The van der Waals surface area contributed by atoms with Gasteiger partial charge in [0.2, 0.25) is 0 Å². The number of hydrogen-bond donors (Lipinski definition) is 1. The third-order valence-corrected chi connectivity index (χ3v) is 11.8. The summed E-state index contributed by atoms with van der Waals surface area (Å²) < 4.78 is 13.2. The molecular formula is C27H42O4. The number of aliphatic hydroxyl groups excluding tert-OH is 1. The van der Waals surface area contributed by atoms with Crippen LogP contribution >= 0.6 is 0 Å². The second kappa shape index (κ2) is 6.79. The molecule has 4 saturated carbocycles. The number of ether oxygens (including phenoxy) is 2. The van der Waals surface area contributed by atoms with Gasteiger partial charge >= 0.3 is 0 Å². The number of carbonyl (C=O) groups excluding carboxylic acids is 1. The third-order valence-electron chi connectivity index (χ3n) is 11.8. The minimum Gasteiger partial charge on any atom is -0.393 e. The van der Waals surface area contributed by atoms with Gasteiger partial charge in [-0.3, -0.25) is 4.79 Å². The van der Waals surface area contributed by atoms with Gasteiger partial charge in [-0.05, 0) is 80.0 Å². The standard InChI is InChI=1S/C27H42O4/c1-15-7-10-27(30-14-15)16(2)24-22(31-27)12-21-19-6-5-17-11-18(28)8-9-25(17,3)20(19)13-23(29)26(21,24)4/h15-22,24,28H,5-14H2,1-4H3/t15-,16-,17-,18+,19-,20-,21-,22-,24+,25+,26-,27-/m1/s1. The quantitative estimate of drug-likeness (QED) is 0.589. The molecule has 31 heavy (non-hydrogen) atoms. The Bertz CT molecular complexity index is 756. The molecule has 6 fully saturated rings. The Hall–Kier alpha value is -0.450. The van der Waals surface area contributed by atoms with E-state index in [1.54, 1.807) is 0 Å². The largest absolute Gasteiger partial charge is 0.393 e. The van der Waals surface area contributed by atoms with Crippen LogP contribution in [0.2, 0.25) is 0 Å². The number of aliphatic hydroxyl groups is 1. The van der Waals surface area contributed by atoms with Gasteiger partial charge < -0.3 is 14.6 Å². The zero-order chi connectivity index (χ0) is 21.8. The molecule has 2 saturated heterocycles. The van der Waals surface area contributed by atoms with E-state index in [1.807, 2.05) is 0 Å². The Kier molecular flexibility index (Phi) is 4.62. The fourth-order valence-electron chi connectivity index (χ4n) is 9.93. The second-order valence-corrected chi connectivity index (χ2v) is 13.0. The third kappa shape index (κ3) is 2.68. The molecular weight excluding hydrogens is 388 g/mol. The number of fused-ring (bicyclic) bond motifs is 7. The van der Waals surface area contributed by atoms with Crippen molar-refractivity contribution >= 4 is 5.78 Å². The predicted octanol–water partition coefficient (Wildman–Crippen LogP) is 4.97. The fraction of sp³-hybridized carbons (Fsp3) is 0.963. The SMILES string of the molecule is C[C@@H]1CC[C@@]2(OC1)O[C@@H]1C[C@@H]3[C@@H]4CC[C@@H]5C[C@@H](O)CC[C@]5(C)[C@@H]4CC(=O)[C@]3(C)[C@H]1[C@H]2C. The van der Waals surface area contributed by atoms with Crippen molar-refractivity contribution in [2.45, 2.75) is 103 Å². The summed E-state index contributed by atoms with van der Waals surface area (Å²) in [6.07, 6.45) is 9.39. The summed E-state index contributed by atoms with van der Waals surface area (Å²) >= 11 is 0. The van der Waals surface area contributed by atoms with Crippen molar-refractivity contribution in [3.63, 3.8) is 0 Å². The average molecular weight is 431 g/mol. The molecule has 0 aromatic rings. The summed E-state index contributed by atoms with van der Waals surface area (Å²) in [4.78, 5) is 14.0. The van der Waals surface area contributed by atoms with Crippen LogP contribution in [0.1, 0.15) is 85.5 Å². The summed E-state index contributed by atoms with van der Waals surface area (Å²) in [6, 6.07) is 0. The lowest BCUT2D eigenvalue weighted by molar-refractivity contribution is -0.272. The van der Waals surface area contributed by atoms with E-state index in [0.29, 0.717) is 41.3 Å². The monoisotopic (exact) mass is 430 g/mol. The van der Waals surface area contributed by atoms with E-state index in [-0.39, 0.29) is 29.0 Å². The van der Waals surface area contributed by atoms with Crippen molar-refractivity contribution < 1.29 is 19.4 Å². The van der Waals surface area contributed by atoms with Gasteiger partial charge in [0.05, 0.1) is 18.8 Å². The van der Waals surface area contributed by atoms with Crippen molar-refractivity contribution in [2.24, 2.45) is 52.3 Å². The maximum Gasteiger partial charge on any atom is 0.171 e. The van der Waals surface area contributed by atoms with Crippen molar-refractivity contribution in [2.75, 3.05) is 6.61 Å². The van der Waals surface area contributed by atoms with Gasteiger partial charge in [-0.1, -0.05) is 27.7 Å². The highest BCUT2D eigenvalue weighted by Crippen LogP contribution is 2.70. The Balaban J connectivity index is 1.30. The van der Waals surface area contributed by atoms with E-state index in [9.17, 15) is 9.90 Å². The van der Waals surface area contributed by atoms with Crippen LogP contribution in [0, 0.1) is 52.3 Å². The molecule has 1 spiro atoms. The first-order valence-corrected chi connectivity index (χ1v) is 13.2. The molecule has 12 atom stereocenters. The first kappa shape index (κ1) is 21.1. The minimum atomic E-state index is -0.448. The van der Waals surface area contributed by atoms with Crippen LogP contribution in [0.25, 0.3) is 0 Å². The molecule has 0 aromatic carbocycles. The lowest BCUT2D eigenvalue weighted by Gasteiger charge is -2.60. The normalized spacial score (nSPS) is 60.9. The number of rotatable bonds is 0. The smallest absolute Gasteiger partial charge is 0.171 e. The van der Waals surface area contributed by atoms with Crippen LogP contribution in [-0.2, 0) is 14.3 Å². The zero-order valence-electron chi connectivity index (χ0n) is 19.9. The number of ketones is 1. The molecule has 174 valence electrons. The molecule has 0 bridgehead atoms. The highest BCUT2D eigenvalue weighted by molar-refractivity contribution is 5.87. The first-order valence-electron chi connectivity index (χ1n) is 13.2. The van der Waals surface area contributed by atoms with Gasteiger partial charge in [-0.15, -0.1) is 0 Å². The van der Waals surface area contributed by atoms with E-state index in [4.69, 9.17) is 9.47 Å². The molecule has 0 unspecified atom stereocenters. The summed E-state index contributed by atoms with van der Waals surface area (Å²) in [6.45, 7) is 10.1. The van der Waals surface area contributed by atoms with Crippen LogP contribution in [0.4, 0.5) is 0 Å². The van der Waals surface area contributed by atoms with Crippen molar-refractivity contribution in [3.8, 4) is 0 Å². The molecule has 0 amide bonds. The minimum absolute atomic E-state index is 0.131. The summed E-state index contributed by atoms with van der Waals surface area (Å²) in [5.41, 5.74) is -0.0221. The van der Waals surface area contributed by atoms with Gasteiger partial charge in [0.15, 0.2) is 5.79 Å². The molecule has 2 heterocycles. The van der Waals surface area contributed by atoms with E-state index in [2.05, 4.69) is 27.7 Å². The maximum atomic E-state index is 14.0. The van der Waals surface area contributed by atoms with E-state index in [1.165, 1.54) is 12.8 Å². The molecule has 0 aromatic heterocycles. The molecule has 4 heteroatoms. The highest BCUT2D eigenvalue weighted by atomic mass is 16.7. The molecule has 6 rings (SSSR count). The van der Waals surface area contributed by atoms with Crippen LogP contribution in [0.15, 0.2) is 0 Å².